The maximum atomic E-state index is 12.3. The fourth-order valence-corrected chi connectivity index (χ4v) is 2.20. The Labute approximate surface area is 125 Å². The van der Waals surface area contributed by atoms with Crippen molar-refractivity contribution in [1.29, 1.82) is 0 Å². The van der Waals surface area contributed by atoms with E-state index in [0.29, 0.717) is 19.4 Å². The Morgan fingerprint density at radius 2 is 2.27 bits per heavy atom. The minimum Gasteiger partial charge on any atom is -0.472 e. The van der Waals surface area contributed by atoms with E-state index in [-0.39, 0.29) is 18.4 Å². The summed E-state index contributed by atoms with van der Waals surface area (Å²) in [5.74, 6) is -0.664. The summed E-state index contributed by atoms with van der Waals surface area (Å²) in [6.45, 7) is 0.420. The van der Waals surface area contributed by atoms with Crippen LogP contribution in [0, 0.1) is 0 Å². The molecule has 1 aliphatic heterocycles. The Balaban J connectivity index is 1.94. The first-order valence-corrected chi connectivity index (χ1v) is 6.75. The second kappa shape index (κ2) is 6.80. The third-order valence-electron chi connectivity index (χ3n) is 3.16. The normalized spacial score (nSPS) is 18.9. The summed E-state index contributed by atoms with van der Waals surface area (Å²) in [7, 11) is 1.41. The van der Waals surface area contributed by atoms with Crippen molar-refractivity contribution in [1.82, 2.24) is 14.9 Å². The number of methoxy groups -OCH3 is 1. The molecule has 0 saturated carbocycles. The fraction of sp³-hybridized carbons (Fsp3) is 0.615. The molecular formula is C13H16F3N3O3. The highest BCUT2D eigenvalue weighted by atomic mass is 19.4. The average molecular weight is 319 g/mol. The van der Waals surface area contributed by atoms with E-state index < -0.39 is 24.6 Å². The van der Waals surface area contributed by atoms with E-state index in [2.05, 4.69) is 9.97 Å². The van der Waals surface area contributed by atoms with Crippen LogP contribution in [-0.4, -0.2) is 53.3 Å². The van der Waals surface area contributed by atoms with Gasteiger partial charge < -0.3 is 14.4 Å². The summed E-state index contributed by atoms with van der Waals surface area (Å²) in [6, 6.07) is 1.66. The van der Waals surface area contributed by atoms with Gasteiger partial charge in [-0.3, -0.25) is 4.79 Å². The van der Waals surface area contributed by atoms with E-state index in [1.807, 2.05) is 0 Å². The van der Waals surface area contributed by atoms with Gasteiger partial charge in [0.05, 0.1) is 13.7 Å². The minimum atomic E-state index is -4.50. The molecule has 0 aromatic carbocycles. The van der Waals surface area contributed by atoms with Gasteiger partial charge in [0.25, 0.3) is 0 Å². The van der Waals surface area contributed by atoms with Crippen LogP contribution in [0.5, 0.6) is 11.9 Å². The Hall–Kier alpha value is -2.06. The van der Waals surface area contributed by atoms with Gasteiger partial charge in [-0.1, -0.05) is 0 Å². The molecule has 1 aliphatic rings. The Bertz CT molecular complexity index is 525. The highest BCUT2D eigenvalue weighted by Gasteiger charge is 2.35. The quantitative estimate of drug-likeness (QED) is 0.847. The number of amides is 1. The number of hydrogen-bond donors (Lipinski definition) is 0. The molecule has 22 heavy (non-hydrogen) atoms. The van der Waals surface area contributed by atoms with Crippen molar-refractivity contribution >= 4 is 5.91 Å². The summed E-state index contributed by atoms with van der Waals surface area (Å²) in [5.41, 5.74) is 0. The minimum absolute atomic E-state index is 0.112. The largest absolute Gasteiger partial charge is 0.472 e. The smallest absolute Gasteiger partial charge is 0.397 e. The summed E-state index contributed by atoms with van der Waals surface area (Å²) in [6.07, 6.45) is -3.66. The number of halogens is 3. The van der Waals surface area contributed by atoms with Gasteiger partial charge in [-0.25, -0.2) is 4.98 Å². The maximum absolute atomic E-state index is 12.3. The summed E-state index contributed by atoms with van der Waals surface area (Å²) in [5, 5.41) is 0. The lowest BCUT2D eigenvalue weighted by molar-refractivity contribution is -0.163. The van der Waals surface area contributed by atoms with Gasteiger partial charge in [-0.05, 0) is 12.8 Å². The van der Waals surface area contributed by atoms with Gasteiger partial charge >= 0.3 is 12.2 Å². The van der Waals surface area contributed by atoms with Gasteiger partial charge in [0.2, 0.25) is 11.8 Å². The number of nitrogens with zero attached hydrogens (tertiary/aromatic N) is 3. The van der Waals surface area contributed by atoms with Crippen molar-refractivity contribution in [3.8, 4) is 11.9 Å². The van der Waals surface area contributed by atoms with Crippen LogP contribution < -0.4 is 9.47 Å². The Morgan fingerprint density at radius 1 is 1.50 bits per heavy atom. The Kier molecular flexibility index (Phi) is 5.04. The van der Waals surface area contributed by atoms with Crippen LogP contribution in [0.3, 0.4) is 0 Å². The number of piperidine rings is 1. The van der Waals surface area contributed by atoms with Crippen LogP contribution >= 0.6 is 0 Å². The van der Waals surface area contributed by atoms with Crippen LogP contribution in [0.25, 0.3) is 0 Å². The molecule has 0 radical (unpaired) electrons. The van der Waals surface area contributed by atoms with Gasteiger partial charge in [0.1, 0.15) is 12.5 Å². The summed E-state index contributed by atoms with van der Waals surface area (Å²) < 4.78 is 47.3. The number of ether oxygens (including phenoxy) is 2. The first kappa shape index (κ1) is 16.3. The van der Waals surface area contributed by atoms with Crippen molar-refractivity contribution in [2.75, 3.05) is 20.2 Å². The second-order valence-electron chi connectivity index (χ2n) is 4.90. The molecule has 0 N–H and O–H groups in total. The van der Waals surface area contributed by atoms with Crippen molar-refractivity contribution in [3.63, 3.8) is 0 Å². The zero-order valence-corrected chi connectivity index (χ0v) is 12.0. The van der Waals surface area contributed by atoms with E-state index in [9.17, 15) is 18.0 Å². The van der Waals surface area contributed by atoms with Gasteiger partial charge in [-0.2, -0.15) is 18.2 Å². The summed E-state index contributed by atoms with van der Waals surface area (Å²) >= 11 is 0. The molecule has 0 aliphatic carbocycles. The number of rotatable bonds is 4. The number of likely N-dealkylation sites (tertiary alicyclic amines) is 1. The van der Waals surface area contributed by atoms with Crippen molar-refractivity contribution in [2.45, 2.75) is 31.5 Å². The molecule has 1 unspecified atom stereocenters. The molecule has 6 nitrogen and oxygen atoms in total. The molecule has 9 heteroatoms. The van der Waals surface area contributed by atoms with Gasteiger partial charge in [0.15, 0.2) is 0 Å². The first-order valence-electron chi connectivity index (χ1n) is 6.75. The number of carbonyl (C=O) groups excluding carboxylic acids is 1. The van der Waals surface area contributed by atoms with E-state index >= 15 is 0 Å². The molecule has 1 aromatic rings. The second-order valence-corrected chi connectivity index (χ2v) is 4.90. The topological polar surface area (TPSA) is 64.6 Å². The van der Waals surface area contributed by atoms with Gasteiger partial charge in [0, 0.05) is 18.8 Å². The molecule has 2 rings (SSSR count). The molecule has 1 aromatic heterocycles. The Morgan fingerprint density at radius 3 is 2.95 bits per heavy atom. The lowest BCUT2D eigenvalue weighted by atomic mass is 10.1. The van der Waals surface area contributed by atoms with Crippen LogP contribution in [0.1, 0.15) is 19.3 Å². The van der Waals surface area contributed by atoms with E-state index in [1.54, 1.807) is 0 Å². The summed E-state index contributed by atoms with van der Waals surface area (Å²) in [4.78, 5) is 20.6. The monoisotopic (exact) mass is 319 g/mol. The lowest BCUT2D eigenvalue weighted by Crippen LogP contribution is -2.45. The molecule has 1 atom stereocenters. The van der Waals surface area contributed by atoms with Crippen molar-refractivity contribution < 1.29 is 27.4 Å². The molecule has 1 saturated heterocycles. The molecule has 1 amide bonds. The maximum Gasteiger partial charge on any atom is 0.397 e. The average Bonchev–Trinajstić information content (AvgIpc) is 2.46. The van der Waals surface area contributed by atoms with Crippen molar-refractivity contribution in [3.05, 3.63) is 12.3 Å². The molecule has 122 valence electrons. The van der Waals surface area contributed by atoms with E-state index in [1.165, 1.54) is 24.3 Å². The highest BCUT2D eigenvalue weighted by Crippen LogP contribution is 2.23. The lowest BCUT2D eigenvalue weighted by Gasteiger charge is -2.32. The van der Waals surface area contributed by atoms with Gasteiger partial charge in [-0.15, -0.1) is 0 Å². The molecule has 0 spiro atoms. The zero-order chi connectivity index (χ0) is 16.2. The first-order chi connectivity index (χ1) is 10.4. The number of hydrogen-bond acceptors (Lipinski definition) is 5. The predicted molar refractivity (Wildman–Crippen MR) is 69.5 cm³/mol. The van der Waals surface area contributed by atoms with Crippen LogP contribution in [0.15, 0.2) is 12.3 Å². The molecule has 2 heterocycles. The molecular weight excluding hydrogens is 303 g/mol. The third kappa shape index (κ3) is 4.74. The fourth-order valence-electron chi connectivity index (χ4n) is 2.20. The van der Waals surface area contributed by atoms with Crippen molar-refractivity contribution in [2.24, 2.45) is 0 Å². The van der Waals surface area contributed by atoms with Crippen LogP contribution in [0.2, 0.25) is 0 Å². The standard InChI is InChI=1S/C13H16F3N3O3/c1-21-12-17-5-4-10(18-12)22-9-3-2-6-19(8-9)11(20)7-13(14,15)16/h4-5,9H,2-3,6-8H2,1H3. The van der Waals surface area contributed by atoms with E-state index in [4.69, 9.17) is 9.47 Å². The predicted octanol–water partition coefficient (Wildman–Crippen LogP) is 1.81. The molecule has 1 fully saturated rings. The number of carbonyl (C=O) groups is 1. The molecule has 0 bridgehead atoms. The zero-order valence-electron chi connectivity index (χ0n) is 12.0. The van der Waals surface area contributed by atoms with Crippen LogP contribution in [0.4, 0.5) is 13.2 Å². The number of alkyl halides is 3. The SMILES string of the molecule is COc1nccc(OC2CCCN(C(=O)CC(F)(F)F)C2)n1. The third-order valence-corrected chi connectivity index (χ3v) is 3.16. The number of aromatic nitrogens is 2. The van der Waals surface area contributed by atoms with Crippen LogP contribution in [-0.2, 0) is 4.79 Å². The van der Waals surface area contributed by atoms with E-state index in [0.717, 1.165) is 0 Å². The highest BCUT2D eigenvalue weighted by molar-refractivity contribution is 5.77.